The molecular formula is C31H30F2N2O2. The molecule has 1 aliphatic heterocycles. The van der Waals surface area contributed by atoms with Crippen molar-refractivity contribution in [1.82, 2.24) is 0 Å². The molecular weight excluding hydrogens is 470 g/mol. The van der Waals surface area contributed by atoms with Crippen molar-refractivity contribution in [3.8, 4) is 11.3 Å². The zero-order valence-corrected chi connectivity index (χ0v) is 21.1. The van der Waals surface area contributed by atoms with Crippen LogP contribution >= 0.6 is 0 Å². The Morgan fingerprint density at radius 2 is 1.76 bits per heavy atom. The highest BCUT2D eigenvalue weighted by molar-refractivity contribution is 5.83. The van der Waals surface area contributed by atoms with E-state index in [2.05, 4.69) is 11.9 Å². The number of fused-ring (bicyclic) bond motifs is 1. The lowest BCUT2D eigenvalue weighted by Crippen LogP contribution is -2.39. The average molecular weight is 501 g/mol. The SMILES string of the molecule is C=Cc1ccccc1NC(C)c1cc(C)cc2c(=O)cc(-c3ccc(N4CCC(F)(F)CC4)cc3)oc12. The Morgan fingerprint density at radius 3 is 2.46 bits per heavy atom. The highest BCUT2D eigenvalue weighted by Gasteiger charge is 2.34. The summed E-state index contributed by atoms with van der Waals surface area (Å²) in [6.07, 6.45) is 1.53. The predicted molar refractivity (Wildman–Crippen MR) is 148 cm³/mol. The Bertz CT molecular complexity index is 1500. The first-order chi connectivity index (χ1) is 17.7. The first kappa shape index (κ1) is 24.8. The number of alkyl halides is 2. The summed E-state index contributed by atoms with van der Waals surface area (Å²) in [6, 6.07) is 20.8. The first-order valence-corrected chi connectivity index (χ1v) is 12.5. The predicted octanol–water partition coefficient (Wildman–Crippen LogP) is 7.82. The van der Waals surface area contributed by atoms with Gasteiger partial charge in [0.25, 0.3) is 5.92 Å². The summed E-state index contributed by atoms with van der Waals surface area (Å²) in [7, 11) is 0. The van der Waals surface area contributed by atoms with E-state index >= 15 is 0 Å². The molecule has 0 amide bonds. The maximum atomic E-state index is 13.5. The number of piperidine rings is 1. The lowest BCUT2D eigenvalue weighted by Gasteiger charge is -2.33. The van der Waals surface area contributed by atoms with Crippen molar-refractivity contribution < 1.29 is 13.2 Å². The van der Waals surface area contributed by atoms with Gasteiger partial charge in [0.1, 0.15) is 11.3 Å². The van der Waals surface area contributed by atoms with Crippen molar-refractivity contribution in [2.75, 3.05) is 23.3 Å². The third-order valence-corrected chi connectivity index (χ3v) is 7.03. The molecule has 0 aliphatic carbocycles. The van der Waals surface area contributed by atoms with E-state index in [9.17, 15) is 13.6 Å². The molecule has 4 aromatic rings. The Hall–Kier alpha value is -3.93. The lowest BCUT2D eigenvalue weighted by molar-refractivity contribution is -0.0220. The molecule has 1 aliphatic rings. The fourth-order valence-electron chi connectivity index (χ4n) is 4.94. The topological polar surface area (TPSA) is 45.5 Å². The largest absolute Gasteiger partial charge is 0.455 e. The van der Waals surface area contributed by atoms with E-state index < -0.39 is 5.92 Å². The molecule has 1 fully saturated rings. The lowest BCUT2D eigenvalue weighted by atomic mass is 10.00. The number of nitrogens with one attached hydrogen (secondary N) is 1. The van der Waals surface area contributed by atoms with Gasteiger partial charge < -0.3 is 14.6 Å². The number of rotatable bonds is 6. The van der Waals surface area contributed by atoms with E-state index in [1.54, 1.807) is 6.08 Å². The number of hydrogen-bond donors (Lipinski definition) is 1. The van der Waals surface area contributed by atoms with Gasteiger partial charge >= 0.3 is 0 Å². The van der Waals surface area contributed by atoms with Crippen molar-refractivity contribution in [2.45, 2.75) is 38.7 Å². The average Bonchev–Trinajstić information content (AvgIpc) is 2.89. The summed E-state index contributed by atoms with van der Waals surface area (Å²) in [6.45, 7) is 8.54. The van der Waals surface area contributed by atoms with Crippen LogP contribution in [0.4, 0.5) is 20.2 Å². The van der Waals surface area contributed by atoms with Gasteiger partial charge in [-0.05, 0) is 61.4 Å². The van der Waals surface area contributed by atoms with Gasteiger partial charge in [0.15, 0.2) is 5.43 Å². The van der Waals surface area contributed by atoms with Crippen LogP contribution in [0.2, 0.25) is 0 Å². The Labute approximate surface area is 215 Å². The van der Waals surface area contributed by atoms with Gasteiger partial charge in [-0.15, -0.1) is 0 Å². The van der Waals surface area contributed by atoms with Gasteiger partial charge in [-0.25, -0.2) is 8.78 Å². The second-order valence-electron chi connectivity index (χ2n) is 9.75. The minimum absolute atomic E-state index is 0.109. The molecule has 0 spiro atoms. The van der Waals surface area contributed by atoms with Crippen LogP contribution in [0.1, 0.15) is 42.5 Å². The fraction of sp³-hybridized carbons (Fsp3) is 0.258. The van der Waals surface area contributed by atoms with Crippen molar-refractivity contribution in [1.29, 1.82) is 0 Å². The zero-order valence-electron chi connectivity index (χ0n) is 21.1. The monoisotopic (exact) mass is 500 g/mol. The van der Waals surface area contributed by atoms with Crippen molar-refractivity contribution in [2.24, 2.45) is 0 Å². The van der Waals surface area contributed by atoms with Gasteiger partial charge in [-0.3, -0.25) is 4.79 Å². The van der Waals surface area contributed by atoms with Gasteiger partial charge in [0, 0.05) is 54.5 Å². The molecule has 37 heavy (non-hydrogen) atoms. The second kappa shape index (κ2) is 9.85. The summed E-state index contributed by atoms with van der Waals surface area (Å²) < 4.78 is 33.5. The molecule has 3 aromatic carbocycles. The fourth-order valence-corrected chi connectivity index (χ4v) is 4.94. The number of nitrogens with zero attached hydrogens (tertiary/aromatic N) is 1. The van der Waals surface area contributed by atoms with Crippen molar-refractivity contribution in [3.63, 3.8) is 0 Å². The molecule has 0 bridgehead atoms. The zero-order chi connectivity index (χ0) is 26.2. The van der Waals surface area contributed by atoms with Crippen LogP contribution < -0.4 is 15.6 Å². The molecule has 6 heteroatoms. The number of hydrogen-bond acceptors (Lipinski definition) is 4. The molecule has 0 radical (unpaired) electrons. The highest BCUT2D eigenvalue weighted by Crippen LogP contribution is 2.34. The van der Waals surface area contributed by atoms with Crippen molar-refractivity contribution in [3.05, 3.63) is 100 Å². The van der Waals surface area contributed by atoms with Crippen LogP contribution in [0.25, 0.3) is 28.4 Å². The smallest absolute Gasteiger partial charge is 0.251 e. The normalized spacial score (nSPS) is 15.9. The number of aryl methyl sites for hydroxylation is 1. The molecule has 1 aromatic heterocycles. The molecule has 2 heterocycles. The number of halogens is 2. The van der Waals surface area contributed by atoms with E-state index in [0.717, 1.165) is 33.6 Å². The molecule has 1 saturated heterocycles. The maximum absolute atomic E-state index is 13.5. The van der Waals surface area contributed by atoms with Gasteiger partial charge in [0.2, 0.25) is 0 Å². The summed E-state index contributed by atoms with van der Waals surface area (Å²) >= 11 is 0. The van der Waals surface area contributed by atoms with E-state index in [0.29, 0.717) is 29.8 Å². The molecule has 5 rings (SSSR count). The third-order valence-electron chi connectivity index (χ3n) is 7.03. The number of para-hydroxylation sites is 1. The molecule has 1 unspecified atom stereocenters. The van der Waals surface area contributed by atoms with Crippen molar-refractivity contribution >= 4 is 28.4 Å². The molecule has 1 atom stereocenters. The maximum Gasteiger partial charge on any atom is 0.251 e. The second-order valence-corrected chi connectivity index (χ2v) is 9.75. The molecule has 4 nitrogen and oxygen atoms in total. The van der Waals surface area contributed by atoms with Crippen LogP contribution in [0.15, 0.2) is 82.5 Å². The van der Waals surface area contributed by atoms with Crippen LogP contribution in [-0.4, -0.2) is 19.0 Å². The highest BCUT2D eigenvalue weighted by atomic mass is 19.3. The molecule has 0 saturated carbocycles. The Morgan fingerprint density at radius 1 is 1.05 bits per heavy atom. The third kappa shape index (κ3) is 5.15. The van der Waals surface area contributed by atoms with Crippen LogP contribution in [-0.2, 0) is 0 Å². The van der Waals surface area contributed by atoms with Gasteiger partial charge in [-0.2, -0.15) is 0 Å². The summed E-state index contributed by atoms with van der Waals surface area (Å²) in [5.41, 5.74) is 5.89. The first-order valence-electron chi connectivity index (χ1n) is 12.5. The van der Waals surface area contributed by atoms with E-state index in [1.165, 1.54) is 6.07 Å². The van der Waals surface area contributed by atoms with E-state index in [1.807, 2.05) is 79.4 Å². The number of benzene rings is 3. The Kier molecular flexibility index (Phi) is 6.59. The summed E-state index contributed by atoms with van der Waals surface area (Å²) in [4.78, 5) is 15.1. The summed E-state index contributed by atoms with van der Waals surface area (Å²) in [5, 5.41) is 4.07. The minimum Gasteiger partial charge on any atom is -0.455 e. The van der Waals surface area contributed by atoms with Crippen LogP contribution in [0.3, 0.4) is 0 Å². The minimum atomic E-state index is -2.58. The van der Waals surface area contributed by atoms with E-state index in [-0.39, 0.29) is 24.3 Å². The van der Waals surface area contributed by atoms with Crippen LogP contribution in [0.5, 0.6) is 0 Å². The van der Waals surface area contributed by atoms with E-state index in [4.69, 9.17) is 4.42 Å². The Balaban J connectivity index is 1.49. The van der Waals surface area contributed by atoms with Crippen LogP contribution in [0, 0.1) is 6.92 Å². The van der Waals surface area contributed by atoms with Gasteiger partial charge in [-0.1, -0.05) is 36.9 Å². The van der Waals surface area contributed by atoms with Gasteiger partial charge in [0.05, 0.1) is 11.4 Å². The quantitative estimate of drug-likeness (QED) is 0.293. The summed E-state index contributed by atoms with van der Waals surface area (Å²) in [5.74, 6) is -2.11. The molecule has 190 valence electrons. The standard InChI is InChI=1S/C31H30F2N2O2/c1-4-22-7-5-6-8-27(22)34-21(3)25-17-20(2)18-26-28(36)19-29(37-30(25)26)23-9-11-24(12-10-23)35-15-13-31(32,33)14-16-35/h4-12,17-19,21,34H,1,13-16H2,2-3H3. The molecule has 1 N–H and O–H groups in total. The number of anilines is 2.